The fourth-order valence-electron chi connectivity index (χ4n) is 2.16. The fourth-order valence-corrected chi connectivity index (χ4v) is 2.16. The molecule has 0 aliphatic heterocycles. The van der Waals surface area contributed by atoms with E-state index in [4.69, 9.17) is 10.5 Å². The monoisotopic (exact) mass is 188 g/mol. The molecule has 0 heterocycles. The molecule has 0 spiro atoms. The van der Waals surface area contributed by atoms with Crippen molar-refractivity contribution in [2.24, 2.45) is 11.8 Å². The van der Waals surface area contributed by atoms with Gasteiger partial charge in [-0.2, -0.15) is 10.5 Å². The Morgan fingerprint density at radius 3 is 2.29 bits per heavy atom. The molecule has 1 unspecified atom stereocenters. The fraction of sp³-hybridized carbons (Fsp3) is 0.667. The minimum atomic E-state index is 0.267. The third-order valence-corrected chi connectivity index (χ3v) is 3.06. The van der Waals surface area contributed by atoms with Crippen molar-refractivity contribution in [3.05, 3.63) is 11.6 Å². The van der Waals surface area contributed by atoms with E-state index in [-0.39, 0.29) is 5.57 Å². The Morgan fingerprint density at radius 2 is 1.79 bits per heavy atom. The van der Waals surface area contributed by atoms with E-state index in [2.05, 4.69) is 6.92 Å². The van der Waals surface area contributed by atoms with Crippen LogP contribution in [0, 0.1) is 34.5 Å². The average molecular weight is 188 g/mol. The first-order valence-electron chi connectivity index (χ1n) is 5.30. The number of hydrogen-bond donors (Lipinski definition) is 0. The molecule has 1 saturated carbocycles. The largest absolute Gasteiger partial charge is 0.192 e. The van der Waals surface area contributed by atoms with Crippen LogP contribution in [0.15, 0.2) is 11.6 Å². The van der Waals surface area contributed by atoms with Crippen molar-refractivity contribution in [3.8, 4) is 12.1 Å². The Kier molecular flexibility index (Phi) is 4.20. The molecule has 0 N–H and O–H groups in total. The van der Waals surface area contributed by atoms with E-state index >= 15 is 0 Å². The van der Waals surface area contributed by atoms with Gasteiger partial charge in [-0.15, -0.1) is 0 Å². The van der Waals surface area contributed by atoms with E-state index in [0.717, 1.165) is 0 Å². The van der Waals surface area contributed by atoms with Crippen LogP contribution in [-0.2, 0) is 0 Å². The van der Waals surface area contributed by atoms with Crippen molar-refractivity contribution in [1.82, 2.24) is 0 Å². The van der Waals surface area contributed by atoms with Gasteiger partial charge in [-0.25, -0.2) is 0 Å². The molecule has 1 aliphatic carbocycles. The quantitative estimate of drug-likeness (QED) is 0.625. The molecule has 1 aliphatic rings. The van der Waals surface area contributed by atoms with E-state index in [1.54, 1.807) is 0 Å². The highest BCUT2D eigenvalue weighted by Crippen LogP contribution is 2.30. The highest BCUT2D eigenvalue weighted by atomic mass is 14.3. The lowest BCUT2D eigenvalue weighted by Gasteiger charge is -2.25. The Morgan fingerprint density at radius 1 is 1.21 bits per heavy atom. The molecule has 1 atom stereocenters. The summed E-state index contributed by atoms with van der Waals surface area (Å²) < 4.78 is 0. The first-order chi connectivity index (χ1) is 6.77. The maximum Gasteiger partial charge on any atom is 0.125 e. The zero-order valence-electron chi connectivity index (χ0n) is 8.66. The lowest BCUT2D eigenvalue weighted by atomic mass is 9.80. The van der Waals surface area contributed by atoms with Gasteiger partial charge < -0.3 is 0 Å². The number of nitriles is 2. The summed E-state index contributed by atoms with van der Waals surface area (Å²) >= 11 is 0. The van der Waals surface area contributed by atoms with E-state index in [9.17, 15) is 0 Å². The molecule has 0 bridgehead atoms. The topological polar surface area (TPSA) is 47.6 Å². The molecule has 1 fully saturated rings. The van der Waals surface area contributed by atoms with Crippen molar-refractivity contribution >= 4 is 0 Å². The number of hydrogen-bond acceptors (Lipinski definition) is 2. The summed E-state index contributed by atoms with van der Waals surface area (Å²) in [6.45, 7) is 2.12. The summed E-state index contributed by atoms with van der Waals surface area (Å²) in [5, 5.41) is 17.3. The van der Waals surface area contributed by atoms with Gasteiger partial charge in [0, 0.05) is 0 Å². The van der Waals surface area contributed by atoms with Crippen molar-refractivity contribution in [2.45, 2.75) is 39.0 Å². The summed E-state index contributed by atoms with van der Waals surface area (Å²) in [4.78, 5) is 0. The molecule has 0 saturated heterocycles. The van der Waals surface area contributed by atoms with Crippen LogP contribution in [0.1, 0.15) is 39.0 Å². The van der Waals surface area contributed by atoms with Gasteiger partial charge in [0.05, 0.1) is 0 Å². The minimum Gasteiger partial charge on any atom is -0.192 e. The standard InChI is InChI=1S/C12H16N2/c1-10(7-11(8-13)9-14)12-5-3-2-4-6-12/h7,10,12H,2-6H2,1H3. The summed E-state index contributed by atoms with van der Waals surface area (Å²) in [5.41, 5.74) is 0.267. The molecule has 2 heteroatoms. The third kappa shape index (κ3) is 2.89. The maximum absolute atomic E-state index is 8.63. The van der Waals surface area contributed by atoms with Crippen molar-refractivity contribution in [3.63, 3.8) is 0 Å². The summed E-state index contributed by atoms with van der Waals surface area (Å²) in [7, 11) is 0. The van der Waals surface area contributed by atoms with E-state index in [1.165, 1.54) is 32.1 Å². The maximum atomic E-state index is 8.63. The Balaban J connectivity index is 2.57. The third-order valence-electron chi connectivity index (χ3n) is 3.06. The second-order valence-corrected chi connectivity index (χ2v) is 4.06. The highest BCUT2D eigenvalue weighted by molar-refractivity contribution is 5.35. The van der Waals surface area contributed by atoms with Gasteiger partial charge in [0.25, 0.3) is 0 Å². The SMILES string of the molecule is CC(C=C(C#N)C#N)C1CCCCC1. The zero-order valence-corrected chi connectivity index (χ0v) is 8.66. The van der Waals surface area contributed by atoms with E-state index in [0.29, 0.717) is 11.8 Å². The first-order valence-corrected chi connectivity index (χ1v) is 5.30. The summed E-state index contributed by atoms with van der Waals surface area (Å²) in [5.74, 6) is 1.06. The predicted octanol–water partition coefficient (Wildman–Crippen LogP) is 3.18. The van der Waals surface area contributed by atoms with Crippen LogP contribution in [-0.4, -0.2) is 0 Å². The van der Waals surface area contributed by atoms with Gasteiger partial charge in [0.1, 0.15) is 17.7 Å². The lowest BCUT2D eigenvalue weighted by molar-refractivity contribution is 0.299. The van der Waals surface area contributed by atoms with Crippen molar-refractivity contribution in [1.29, 1.82) is 10.5 Å². The molecule has 0 radical (unpaired) electrons. The molecule has 1 rings (SSSR count). The van der Waals surface area contributed by atoms with Crippen LogP contribution in [0.2, 0.25) is 0 Å². The minimum absolute atomic E-state index is 0.267. The Bertz CT molecular complexity index is 268. The van der Waals surface area contributed by atoms with Gasteiger partial charge in [0.2, 0.25) is 0 Å². The first kappa shape index (κ1) is 10.8. The van der Waals surface area contributed by atoms with Gasteiger partial charge in [-0.05, 0) is 24.7 Å². The lowest BCUT2D eigenvalue weighted by Crippen LogP contribution is -2.13. The highest BCUT2D eigenvalue weighted by Gasteiger charge is 2.18. The molecule has 0 aromatic rings. The number of allylic oxidation sites excluding steroid dienone is 2. The van der Waals surface area contributed by atoms with Crippen LogP contribution in [0.4, 0.5) is 0 Å². The molecule has 0 amide bonds. The van der Waals surface area contributed by atoms with Crippen LogP contribution < -0.4 is 0 Å². The second-order valence-electron chi connectivity index (χ2n) is 4.06. The second kappa shape index (κ2) is 5.45. The Labute approximate surface area is 85.8 Å². The average Bonchev–Trinajstić information content (AvgIpc) is 2.26. The van der Waals surface area contributed by atoms with Crippen molar-refractivity contribution in [2.75, 3.05) is 0 Å². The summed E-state index contributed by atoms with van der Waals surface area (Å²) in [6, 6.07) is 3.84. The van der Waals surface area contributed by atoms with E-state index in [1.807, 2.05) is 18.2 Å². The molecular formula is C12H16N2. The molecular weight excluding hydrogens is 172 g/mol. The van der Waals surface area contributed by atoms with Crippen LogP contribution >= 0.6 is 0 Å². The van der Waals surface area contributed by atoms with Crippen molar-refractivity contribution < 1.29 is 0 Å². The molecule has 14 heavy (non-hydrogen) atoms. The zero-order chi connectivity index (χ0) is 10.4. The summed E-state index contributed by atoms with van der Waals surface area (Å²) in [6.07, 6.45) is 8.28. The van der Waals surface area contributed by atoms with Gasteiger partial charge in [-0.3, -0.25) is 0 Å². The van der Waals surface area contributed by atoms with Crippen LogP contribution in [0.25, 0.3) is 0 Å². The van der Waals surface area contributed by atoms with Crippen LogP contribution in [0.3, 0.4) is 0 Å². The smallest absolute Gasteiger partial charge is 0.125 e. The van der Waals surface area contributed by atoms with Gasteiger partial charge in [-0.1, -0.05) is 32.3 Å². The van der Waals surface area contributed by atoms with Gasteiger partial charge in [0.15, 0.2) is 0 Å². The number of nitrogens with zero attached hydrogens (tertiary/aromatic N) is 2. The molecule has 0 aromatic heterocycles. The van der Waals surface area contributed by atoms with E-state index < -0.39 is 0 Å². The normalized spacial score (nSPS) is 19.1. The van der Waals surface area contributed by atoms with Gasteiger partial charge >= 0.3 is 0 Å². The molecule has 2 nitrogen and oxygen atoms in total. The predicted molar refractivity (Wildman–Crippen MR) is 55.0 cm³/mol. The molecule has 0 aromatic carbocycles. The molecule has 74 valence electrons. The number of rotatable bonds is 2. The van der Waals surface area contributed by atoms with Crippen LogP contribution in [0.5, 0.6) is 0 Å². The Hall–Kier alpha value is -1.28.